The highest BCUT2D eigenvalue weighted by Gasteiger charge is 2.23. The minimum atomic E-state index is -1.48. The maximum Gasteiger partial charge on any atom is 0.489 e. The number of nitrogen functional groups attached to an aromatic ring is 2. The number of imidazole rings is 3. The van der Waals surface area contributed by atoms with Gasteiger partial charge in [0.25, 0.3) is 0 Å². The molecule has 0 saturated heterocycles. The Morgan fingerprint density at radius 1 is 0.336 bits per heavy atom. The van der Waals surface area contributed by atoms with Crippen molar-refractivity contribution in [3.05, 3.63) is 426 Å². The number of aromatic amines is 1. The van der Waals surface area contributed by atoms with Crippen molar-refractivity contribution in [3.8, 4) is 33.6 Å². The number of hydrogen-bond acceptors (Lipinski definition) is 10. The summed E-state index contributed by atoms with van der Waals surface area (Å²) in [5.74, 6) is 0.804. The number of nitrogens with zero attached hydrogens (tertiary/aromatic N) is 5. The summed E-state index contributed by atoms with van der Waals surface area (Å²) < 4.78 is 17.2. The Labute approximate surface area is 768 Å². The summed E-state index contributed by atoms with van der Waals surface area (Å²) in [6.45, 7) is 0. The number of halogens is 9. The molecule has 16 aromatic carbocycles. The number of hydrogen-bond donors (Lipinski definition) is 5. The van der Waals surface area contributed by atoms with Crippen LogP contribution in [-0.4, -0.2) is 58.5 Å². The van der Waals surface area contributed by atoms with Crippen molar-refractivity contribution in [3.63, 3.8) is 0 Å². The zero-order valence-electron chi connectivity index (χ0n) is 65.8. The van der Waals surface area contributed by atoms with Crippen molar-refractivity contribution in [1.29, 1.82) is 0 Å². The number of nitrogens with two attached hydrogens (primary N) is 2. The number of carbonyl (C=O) groups is 2. The standard InChI is InChI=1S/C19H12Cl2N2.2C19H11ClN2.C13H8Cl2O.C12H10OP.C7H4BrClO.C6H6BClO2.C6H8N2/c20-12-9-10-14(15(11-12)13-5-1-2-6-16(13)21)19-22-17-7-3-4-8-18(17)23-19;2*20-12-9-10-14-15(11-12)13-5-1-3-7-17(13)22-18-8-4-2-6-16(18)21-19(14)22;14-10-6-5-9(8-16)12(7-10)11-3-1-2-4-13(11)15;13-14(11-7-3-1-4-8-11)12-9-5-2-6-10-12;8-7-3-6(9)2-1-5(7)4-10;8-6-4-2-1-3-5(6)7(9)10;7-5-3-1-2-4-6(5)8/h1-11H,(H,22,23);2*1-11H;1-8H;1-10H;1-4H;1-4,9-10H;1-4H,7-8H2/q;;;;+1;;;. The van der Waals surface area contributed by atoms with E-state index in [1.807, 2.05) is 194 Å². The van der Waals surface area contributed by atoms with Crippen LogP contribution in [0.1, 0.15) is 20.7 Å². The van der Waals surface area contributed by atoms with Gasteiger partial charge in [-0.25, -0.2) is 15.0 Å². The molecule has 5 heterocycles. The van der Waals surface area contributed by atoms with Crippen molar-refractivity contribution in [2.75, 3.05) is 11.5 Å². The maximum absolute atomic E-state index is 12.0. The van der Waals surface area contributed by atoms with Crippen molar-refractivity contribution < 1.29 is 24.2 Å². The fraction of sp³-hybridized carbons (Fsp3) is 0. The summed E-state index contributed by atoms with van der Waals surface area (Å²) in [4.78, 5) is 38.9. The Hall–Kier alpha value is -12.2. The molecular weight excluding hydrogens is 1810 g/mol. The Bertz CT molecular complexity index is 7210. The van der Waals surface area contributed by atoms with Gasteiger partial charge in [0, 0.05) is 99.5 Å². The lowest BCUT2D eigenvalue weighted by Crippen LogP contribution is -2.30. The van der Waals surface area contributed by atoms with Gasteiger partial charge in [0.1, 0.15) is 17.1 Å². The molecule has 0 aliphatic rings. The summed E-state index contributed by atoms with van der Waals surface area (Å²) in [7, 11) is -2.90. The molecule has 0 unspecified atom stereocenters. The van der Waals surface area contributed by atoms with Crippen molar-refractivity contribution in [2.24, 2.45) is 0 Å². The number of benzene rings is 16. The lowest BCUT2D eigenvalue weighted by molar-refractivity contribution is 0.111. The second-order valence-corrected chi connectivity index (χ2v) is 33.7. The largest absolute Gasteiger partial charge is 0.489 e. The average Bonchev–Trinajstić information content (AvgIpc) is 1.61. The number of aromatic nitrogens is 6. The van der Waals surface area contributed by atoms with E-state index < -0.39 is 14.9 Å². The van der Waals surface area contributed by atoms with Gasteiger partial charge in [-0.15, -0.1) is 0 Å². The van der Waals surface area contributed by atoms with E-state index in [2.05, 4.69) is 132 Å². The zero-order chi connectivity index (χ0) is 87.6. The predicted molar refractivity (Wildman–Crippen MR) is 531 cm³/mol. The molecule has 0 atom stereocenters. The van der Waals surface area contributed by atoms with E-state index in [9.17, 15) is 14.2 Å². The molecule has 0 bridgehead atoms. The molecule has 0 spiro atoms. The van der Waals surface area contributed by atoms with Gasteiger partial charge in [0.15, 0.2) is 23.2 Å². The molecule has 0 radical (unpaired) electrons. The first-order chi connectivity index (χ1) is 60.7. The number of aldehydes is 2. The van der Waals surface area contributed by atoms with Gasteiger partial charge in [-0.05, 0) is 216 Å². The third-order valence-electron chi connectivity index (χ3n) is 19.8. The van der Waals surface area contributed by atoms with Crippen LogP contribution in [0.4, 0.5) is 11.4 Å². The number of fused-ring (bicyclic) bond motifs is 17. The van der Waals surface area contributed by atoms with E-state index in [4.69, 9.17) is 124 Å². The average molecular weight is 1880 g/mol. The lowest BCUT2D eigenvalue weighted by Gasteiger charge is -2.10. The number of anilines is 2. The van der Waals surface area contributed by atoms with E-state index in [1.54, 1.807) is 78.9 Å². The minimum Gasteiger partial charge on any atom is -0.423 e. The second kappa shape index (κ2) is 42.0. The summed E-state index contributed by atoms with van der Waals surface area (Å²) in [6.07, 6.45) is 1.58. The van der Waals surface area contributed by atoms with Crippen LogP contribution in [-0.2, 0) is 4.57 Å². The van der Waals surface area contributed by atoms with Crippen LogP contribution in [0.2, 0.25) is 40.2 Å². The van der Waals surface area contributed by atoms with Gasteiger partial charge in [-0.1, -0.05) is 289 Å². The zero-order valence-corrected chi connectivity index (χ0v) is 74.3. The van der Waals surface area contributed by atoms with Gasteiger partial charge in [-0.3, -0.25) is 18.4 Å². The van der Waals surface area contributed by atoms with Gasteiger partial charge < -0.3 is 26.5 Å². The number of carbonyl (C=O) groups excluding carboxylic acids is 2. The predicted octanol–water partition coefficient (Wildman–Crippen LogP) is 27.8. The Balaban J connectivity index is 0.000000119. The summed E-state index contributed by atoms with van der Waals surface area (Å²) >= 11 is 51.4. The molecule has 13 nitrogen and oxygen atoms in total. The van der Waals surface area contributed by atoms with E-state index in [0.717, 1.165) is 148 Å². The van der Waals surface area contributed by atoms with Crippen LogP contribution < -0.4 is 27.5 Å². The molecule has 0 aliphatic carbocycles. The summed E-state index contributed by atoms with van der Waals surface area (Å²) in [5.41, 5.74) is 28.5. The molecule has 125 heavy (non-hydrogen) atoms. The highest BCUT2D eigenvalue weighted by Crippen LogP contribution is 2.40. The number of rotatable bonds is 8. The highest BCUT2D eigenvalue weighted by atomic mass is 79.9. The van der Waals surface area contributed by atoms with Gasteiger partial charge in [0.05, 0.1) is 55.5 Å². The first-order valence-electron chi connectivity index (χ1n) is 38.7. The van der Waals surface area contributed by atoms with E-state index in [0.29, 0.717) is 58.1 Å². The first-order valence-corrected chi connectivity index (χ1v) is 43.7. The minimum absolute atomic E-state index is 0.337. The topological polar surface area (TPSA) is 207 Å². The normalized spacial score (nSPS) is 10.7. The fourth-order valence-corrected chi connectivity index (χ4v) is 17.2. The van der Waals surface area contributed by atoms with Gasteiger partial charge in [0.2, 0.25) is 0 Å². The van der Waals surface area contributed by atoms with Crippen LogP contribution in [0.15, 0.2) is 375 Å². The quantitative estimate of drug-likeness (QED) is 0.0320. The van der Waals surface area contributed by atoms with Crippen LogP contribution in [0.25, 0.3) is 121 Å². The third-order valence-corrected chi connectivity index (χ3v) is 24.2. The molecule has 0 amide bonds. The molecule has 21 aromatic rings. The van der Waals surface area contributed by atoms with Crippen molar-refractivity contribution in [2.45, 2.75) is 0 Å². The van der Waals surface area contributed by atoms with E-state index >= 15 is 0 Å². The van der Waals surface area contributed by atoms with Gasteiger partial charge in [-0.2, -0.15) is 0 Å². The van der Waals surface area contributed by atoms with Crippen LogP contribution in [0, 0.1) is 0 Å². The third kappa shape index (κ3) is 21.2. The molecule has 0 fully saturated rings. The summed E-state index contributed by atoms with van der Waals surface area (Å²) in [5, 5.41) is 31.1. The van der Waals surface area contributed by atoms with Gasteiger partial charge >= 0.3 is 14.9 Å². The van der Waals surface area contributed by atoms with E-state index in [-0.39, 0.29) is 0 Å². The molecule has 614 valence electrons. The van der Waals surface area contributed by atoms with Crippen LogP contribution in [0.5, 0.6) is 0 Å². The molecular formula is C101H70BBrCl8N8O5P+. The van der Waals surface area contributed by atoms with Crippen LogP contribution in [0.3, 0.4) is 0 Å². The molecule has 7 N–H and O–H groups in total. The molecule has 0 aliphatic heterocycles. The molecule has 21 rings (SSSR count). The monoisotopic (exact) mass is 1880 g/mol. The Morgan fingerprint density at radius 2 is 0.720 bits per heavy atom. The highest BCUT2D eigenvalue weighted by molar-refractivity contribution is 9.10. The summed E-state index contributed by atoms with van der Waals surface area (Å²) in [6, 6.07) is 117. The Kier molecular flexibility index (Phi) is 29.9. The second-order valence-electron chi connectivity index (χ2n) is 27.8. The smallest absolute Gasteiger partial charge is 0.423 e. The lowest BCUT2D eigenvalue weighted by atomic mass is 9.80. The maximum atomic E-state index is 12.0. The fourth-order valence-electron chi connectivity index (χ4n) is 13.9. The number of H-pyrrole nitrogens is 1. The Morgan fingerprint density at radius 3 is 1.18 bits per heavy atom. The first kappa shape index (κ1) is 89.0. The van der Waals surface area contributed by atoms with Crippen molar-refractivity contribution in [1.82, 2.24) is 28.7 Å². The molecule has 5 aromatic heterocycles. The molecule has 0 saturated carbocycles. The SMILES string of the molecule is Clc1ccc(-c2nc3ccccc3[nH]2)c(-c2ccccc2Cl)c1.Clc1ccc2c(c1)c1ccccc1n1c3ccccc3nc21.Clc1ccc2c(c1)c1ccccc1n1c3ccccc3nc21.Nc1ccccc1N.O=Cc1ccc(Cl)cc1-c1ccccc1Cl.O=Cc1ccc(Cl)cc1Br.O=[P+](c1ccccc1)c1ccccc1.OB(O)c1ccccc1Cl. The van der Waals surface area contributed by atoms with Crippen LogP contribution >= 0.6 is 117 Å². The number of nitrogens with one attached hydrogen (secondary N) is 1. The number of pyridine rings is 2. The molecule has 24 heteroatoms. The number of para-hydroxylation sites is 10. The van der Waals surface area contributed by atoms with E-state index in [1.165, 1.54) is 10.8 Å². The van der Waals surface area contributed by atoms with Crippen molar-refractivity contribution >= 4 is 251 Å².